The molecule has 1 aliphatic rings. The van der Waals surface area contributed by atoms with E-state index in [1.54, 1.807) is 30.4 Å². The summed E-state index contributed by atoms with van der Waals surface area (Å²) in [5.41, 5.74) is 3.22. The first kappa shape index (κ1) is 15.3. The van der Waals surface area contributed by atoms with E-state index in [2.05, 4.69) is 10.3 Å². The van der Waals surface area contributed by atoms with Gasteiger partial charge in [-0.25, -0.2) is 0 Å². The fourth-order valence-corrected chi connectivity index (χ4v) is 3.21. The van der Waals surface area contributed by atoms with E-state index in [9.17, 15) is 9.59 Å². The second kappa shape index (κ2) is 6.02. The van der Waals surface area contributed by atoms with Crippen molar-refractivity contribution < 1.29 is 9.59 Å². The predicted octanol–water partition coefficient (Wildman–Crippen LogP) is 3.40. The molecule has 4 rings (SSSR count). The Morgan fingerprint density at radius 1 is 1.16 bits per heavy atom. The van der Waals surface area contributed by atoms with Crippen molar-refractivity contribution in [3.63, 3.8) is 0 Å². The summed E-state index contributed by atoms with van der Waals surface area (Å²) < 4.78 is 0. The largest absolute Gasteiger partial charge is 0.321 e. The first-order valence-electron chi connectivity index (χ1n) is 8.17. The fourth-order valence-electron chi connectivity index (χ4n) is 3.21. The number of amides is 2. The monoisotopic (exact) mass is 331 g/mol. The smallest absolute Gasteiger partial charge is 0.255 e. The highest BCUT2D eigenvalue weighted by molar-refractivity contribution is 6.09. The highest BCUT2D eigenvalue weighted by Gasteiger charge is 2.21. The third-order valence-electron chi connectivity index (χ3n) is 4.62. The standard InChI is InChI=1S/C20H17N3O2/c1-23-18-7-5-15(11-14(18)6-8-19(23)24)20(25)22-17-4-2-3-13-9-10-21-12-16(13)17/h2-5,7,9-12H,6,8H2,1H3,(H,22,25). The van der Waals surface area contributed by atoms with Gasteiger partial charge in [0.05, 0.1) is 5.69 Å². The third-order valence-corrected chi connectivity index (χ3v) is 4.62. The number of carbonyl (C=O) groups is 2. The van der Waals surface area contributed by atoms with Crippen molar-refractivity contribution in [1.29, 1.82) is 0 Å². The van der Waals surface area contributed by atoms with Gasteiger partial charge in [-0.05, 0) is 47.7 Å². The molecule has 5 nitrogen and oxygen atoms in total. The quantitative estimate of drug-likeness (QED) is 0.783. The Bertz CT molecular complexity index is 992. The van der Waals surface area contributed by atoms with Gasteiger partial charge < -0.3 is 10.2 Å². The van der Waals surface area contributed by atoms with Crippen LogP contribution >= 0.6 is 0 Å². The van der Waals surface area contributed by atoms with Crippen molar-refractivity contribution in [3.05, 3.63) is 66.0 Å². The summed E-state index contributed by atoms with van der Waals surface area (Å²) in [7, 11) is 1.77. The Labute approximate surface area is 145 Å². The number of benzene rings is 2. The molecule has 124 valence electrons. The maximum atomic E-state index is 12.7. The molecule has 5 heteroatoms. The van der Waals surface area contributed by atoms with Gasteiger partial charge in [-0.2, -0.15) is 0 Å². The molecule has 0 fully saturated rings. The number of anilines is 2. The number of hydrogen-bond acceptors (Lipinski definition) is 3. The van der Waals surface area contributed by atoms with Crippen LogP contribution in [0.4, 0.5) is 11.4 Å². The second-order valence-corrected chi connectivity index (χ2v) is 6.15. The zero-order valence-corrected chi connectivity index (χ0v) is 13.8. The number of pyridine rings is 1. The lowest BCUT2D eigenvalue weighted by atomic mass is 9.99. The topological polar surface area (TPSA) is 62.3 Å². The number of carbonyl (C=O) groups excluding carboxylic acids is 2. The average Bonchev–Trinajstić information content (AvgIpc) is 2.65. The molecule has 0 aliphatic carbocycles. The Hall–Kier alpha value is -3.21. The van der Waals surface area contributed by atoms with E-state index in [4.69, 9.17) is 0 Å². The SMILES string of the molecule is CN1C(=O)CCc2cc(C(=O)Nc3cccc4ccncc34)ccc21. The van der Waals surface area contributed by atoms with Crippen LogP contribution in [0.2, 0.25) is 0 Å². The number of fused-ring (bicyclic) bond motifs is 2. The number of aryl methyl sites for hydroxylation is 1. The molecule has 0 bridgehead atoms. The lowest BCUT2D eigenvalue weighted by Crippen LogP contribution is -2.31. The van der Waals surface area contributed by atoms with Crippen molar-refractivity contribution in [2.24, 2.45) is 0 Å². The van der Waals surface area contributed by atoms with Crippen molar-refractivity contribution >= 4 is 34.0 Å². The average molecular weight is 331 g/mol. The molecule has 25 heavy (non-hydrogen) atoms. The highest BCUT2D eigenvalue weighted by Crippen LogP contribution is 2.28. The van der Waals surface area contributed by atoms with E-state index in [0.29, 0.717) is 18.4 Å². The van der Waals surface area contributed by atoms with E-state index in [1.807, 2.05) is 36.4 Å². The molecule has 1 aromatic heterocycles. The Morgan fingerprint density at radius 2 is 2.04 bits per heavy atom. The molecule has 0 unspecified atom stereocenters. The zero-order chi connectivity index (χ0) is 17.4. The van der Waals surface area contributed by atoms with Gasteiger partial charge in [0.15, 0.2) is 0 Å². The molecule has 0 atom stereocenters. The van der Waals surface area contributed by atoms with Crippen LogP contribution in [0.1, 0.15) is 22.3 Å². The summed E-state index contributed by atoms with van der Waals surface area (Å²) in [5.74, 6) is -0.0633. The molecule has 2 aromatic carbocycles. The minimum absolute atomic E-state index is 0.105. The van der Waals surface area contributed by atoms with E-state index >= 15 is 0 Å². The van der Waals surface area contributed by atoms with Crippen LogP contribution in [0, 0.1) is 0 Å². The van der Waals surface area contributed by atoms with Crippen LogP contribution in [0.15, 0.2) is 54.9 Å². The summed E-state index contributed by atoms with van der Waals surface area (Å²) in [6.07, 6.45) is 4.62. The van der Waals surface area contributed by atoms with Gasteiger partial charge >= 0.3 is 0 Å². The minimum atomic E-state index is -0.168. The van der Waals surface area contributed by atoms with Crippen LogP contribution in [0.5, 0.6) is 0 Å². The number of rotatable bonds is 2. The molecule has 0 spiro atoms. The molecule has 1 N–H and O–H groups in total. The van der Waals surface area contributed by atoms with E-state index < -0.39 is 0 Å². The molecule has 3 aromatic rings. The molecular formula is C20H17N3O2. The summed E-state index contributed by atoms with van der Waals surface area (Å²) in [6.45, 7) is 0. The van der Waals surface area contributed by atoms with Crippen LogP contribution in [-0.4, -0.2) is 23.8 Å². The summed E-state index contributed by atoms with van der Waals surface area (Å²) >= 11 is 0. The Kier molecular flexibility index (Phi) is 3.69. The van der Waals surface area contributed by atoms with E-state index in [-0.39, 0.29) is 11.8 Å². The normalized spacial score (nSPS) is 13.6. The van der Waals surface area contributed by atoms with Crippen molar-refractivity contribution in [2.75, 3.05) is 17.3 Å². The van der Waals surface area contributed by atoms with E-state index in [1.165, 1.54) is 0 Å². The summed E-state index contributed by atoms with van der Waals surface area (Å²) in [5, 5.41) is 4.90. The number of nitrogens with one attached hydrogen (secondary N) is 1. The molecule has 1 aliphatic heterocycles. The third kappa shape index (κ3) is 2.74. The van der Waals surface area contributed by atoms with Gasteiger partial charge in [-0.3, -0.25) is 14.6 Å². The van der Waals surface area contributed by atoms with Gasteiger partial charge in [0.1, 0.15) is 0 Å². The first-order valence-corrected chi connectivity index (χ1v) is 8.17. The summed E-state index contributed by atoms with van der Waals surface area (Å²) in [6, 6.07) is 13.1. The van der Waals surface area contributed by atoms with Crippen LogP contribution in [-0.2, 0) is 11.2 Å². The van der Waals surface area contributed by atoms with Crippen molar-refractivity contribution in [3.8, 4) is 0 Å². The Balaban J connectivity index is 1.64. The highest BCUT2D eigenvalue weighted by atomic mass is 16.2. The molecule has 0 radical (unpaired) electrons. The van der Waals surface area contributed by atoms with Crippen LogP contribution < -0.4 is 10.2 Å². The lowest BCUT2D eigenvalue weighted by Gasteiger charge is -2.26. The maximum absolute atomic E-state index is 12.7. The number of hydrogen-bond donors (Lipinski definition) is 1. The van der Waals surface area contributed by atoms with Crippen molar-refractivity contribution in [2.45, 2.75) is 12.8 Å². The molecule has 2 amide bonds. The van der Waals surface area contributed by atoms with Gasteiger partial charge in [0.25, 0.3) is 5.91 Å². The molecule has 0 saturated heterocycles. The van der Waals surface area contributed by atoms with Gasteiger partial charge in [-0.15, -0.1) is 0 Å². The van der Waals surface area contributed by atoms with Crippen molar-refractivity contribution in [1.82, 2.24) is 4.98 Å². The van der Waals surface area contributed by atoms with Crippen LogP contribution in [0.3, 0.4) is 0 Å². The second-order valence-electron chi connectivity index (χ2n) is 6.15. The van der Waals surface area contributed by atoms with Gasteiger partial charge in [-0.1, -0.05) is 12.1 Å². The van der Waals surface area contributed by atoms with E-state index in [0.717, 1.165) is 27.7 Å². The lowest BCUT2D eigenvalue weighted by molar-refractivity contribution is -0.118. The Morgan fingerprint density at radius 3 is 2.92 bits per heavy atom. The van der Waals surface area contributed by atoms with Crippen LogP contribution in [0.25, 0.3) is 10.8 Å². The number of nitrogens with zero attached hydrogens (tertiary/aromatic N) is 2. The first-order chi connectivity index (χ1) is 12.1. The summed E-state index contributed by atoms with van der Waals surface area (Å²) in [4.78, 5) is 30.2. The fraction of sp³-hybridized carbons (Fsp3) is 0.150. The minimum Gasteiger partial charge on any atom is -0.321 e. The molecule has 2 heterocycles. The van der Waals surface area contributed by atoms with Gasteiger partial charge in [0, 0.05) is 42.5 Å². The number of aromatic nitrogens is 1. The predicted molar refractivity (Wildman–Crippen MR) is 97.9 cm³/mol. The zero-order valence-electron chi connectivity index (χ0n) is 13.8. The molecule has 0 saturated carbocycles. The van der Waals surface area contributed by atoms with Gasteiger partial charge in [0.2, 0.25) is 5.91 Å². The maximum Gasteiger partial charge on any atom is 0.255 e. The molecular weight excluding hydrogens is 314 g/mol.